The topological polar surface area (TPSA) is 101 Å². The fraction of sp³-hybridized carbons (Fsp3) is 0.227. The van der Waals surface area contributed by atoms with Crippen LogP contribution in [0, 0.1) is 22.0 Å². The fourth-order valence-electron chi connectivity index (χ4n) is 4.00. The molecule has 0 N–H and O–H groups in total. The number of imide groups is 1. The molecular formula is C22H17Cl2N3O5. The molecule has 2 aromatic carbocycles. The molecule has 0 spiro atoms. The number of rotatable bonds is 5. The third-order valence-electron chi connectivity index (χ3n) is 5.62. The van der Waals surface area contributed by atoms with E-state index in [4.69, 9.17) is 23.2 Å². The van der Waals surface area contributed by atoms with Crippen molar-refractivity contribution in [3.8, 4) is 0 Å². The molecular weight excluding hydrogens is 457 g/mol. The maximum Gasteiger partial charge on any atom is 0.275 e. The Morgan fingerprint density at radius 3 is 2.12 bits per heavy atom. The molecule has 8 nitrogen and oxygen atoms in total. The zero-order valence-corrected chi connectivity index (χ0v) is 18.1. The first-order valence-corrected chi connectivity index (χ1v) is 10.6. The molecule has 0 aromatic heterocycles. The zero-order chi connectivity index (χ0) is 23.0. The summed E-state index contributed by atoms with van der Waals surface area (Å²) in [6.45, 7) is -0.362. The second-order valence-electron chi connectivity index (χ2n) is 7.54. The number of halogens is 2. The van der Waals surface area contributed by atoms with Gasteiger partial charge < -0.3 is 0 Å². The van der Waals surface area contributed by atoms with Gasteiger partial charge in [-0.2, -0.15) is 5.01 Å². The highest BCUT2D eigenvalue weighted by molar-refractivity contribution is 6.31. The molecule has 4 rings (SSSR count). The third kappa shape index (κ3) is 3.99. The highest BCUT2D eigenvalue weighted by Crippen LogP contribution is 2.37. The number of benzene rings is 2. The van der Waals surface area contributed by atoms with E-state index >= 15 is 0 Å². The van der Waals surface area contributed by atoms with Gasteiger partial charge in [0.05, 0.1) is 28.9 Å². The Hall–Kier alpha value is -3.23. The number of amides is 3. The first-order valence-electron chi connectivity index (χ1n) is 9.81. The van der Waals surface area contributed by atoms with Crippen LogP contribution in [-0.4, -0.2) is 32.7 Å². The van der Waals surface area contributed by atoms with Gasteiger partial charge >= 0.3 is 0 Å². The van der Waals surface area contributed by atoms with Gasteiger partial charge in [0.2, 0.25) is 0 Å². The van der Waals surface area contributed by atoms with Gasteiger partial charge in [0.25, 0.3) is 23.4 Å². The molecule has 2 atom stereocenters. The lowest BCUT2D eigenvalue weighted by molar-refractivity contribution is -0.385. The summed E-state index contributed by atoms with van der Waals surface area (Å²) in [5.41, 5.74) is -0.000455. The number of hydrogen-bond donors (Lipinski definition) is 0. The number of fused-ring (bicyclic) bond motifs is 1. The molecule has 0 bridgehead atoms. The van der Waals surface area contributed by atoms with Crippen molar-refractivity contribution in [3.63, 3.8) is 0 Å². The van der Waals surface area contributed by atoms with E-state index in [0.717, 1.165) is 10.0 Å². The van der Waals surface area contributed by atoms with Crippen molar-refractivity contribution < 1.29 is 19.3 Å². The quantitative estimate of drug-likeness (QED) is 0.277. The van der Waals surface area contributed by atoms with Gasteiger partial charge in [-0.15, -0.1) is 0 Å². The second-order valence-corrected chi connectivity index (χ2v) is 8.42. The molecule has 0 unspecified atom stereocenters. The smallest absolute Gasteiger partial charge is 0.272 e. The molecule has 0 saturated carbocycles. The average molecular weight is 474 g/mol. The number of hydrazine groups is 1. The largest absolute Gasteiger partial charge is 0.275 e. The Morgan fingerprint density at radius 2 is 1.56 bits per heavy atom. The molecule has 2 aliphatic rings. The molecule has 164 valence electrons. The molecule has 1 saturated heterocycles. The molecule has 0 radical (unpaired) electrons. The van der Waals surface area contributed by atoms with Crippen molar-refractivity contribution in [3.05, 3.63) is 85.9 Å². The van der Waals surface area contributed by atoms with Crippen molar-refractivity contribution in [2.24, 2.45) is 11.8 Å². The monoisotopic (exact) mass is 473 g/mol. The van der Waals surface area contributed by atoms with Crippen LogP contribution in [0.3, 0.4) is 0 Å². The van der Waals surface area contributed by atoms with Crippen molar-refractivity contribution >= 4 is 46.6 Å². The lowest BCUT2D eigenvalue weighted by Crippen LogP contribution is -2.49. The molecule has 10 heteroatoms. The van der Waals surface area contributed by atoms with Crippen LogP contribution in [0.1, 0.15) is 28.8 Å². The van der Waals surface area contributed by atoms with Crippen LogP contribution in [0.2, 0.25) is 10.0 Å². The number of hydrogen-bond acceptors (Lipinski definition) is 5. The van der Waals surface area contributed by atoms with Crippen molar-refractivity contribution in [1.29, 1.82) is 0 Å². The Balaban J connectivity index is 1.77. The summed E-state index contributed by atoms with van der Waals surface area (Å²) in [7, 11) is 0. The van der Waals surface area contributed by atoms with Gasteiger partial charge in [-0.05, 0) is 49.2 Å². The normalized spacial score (nSPS) is 19.8. The average Bonchev–Trinajstić information content (AvgIpc) is 3.03. The highest BCUT2D eigenvalue weighted by atomic mass is 35.5. The van der Waals surface area contributed by atoms with Crippen LogP contribution in [0.25, 0.3) is 0 Å². The lowest BCUT2D eigenvalue weighted by Gasteiger charge is -2.30. The van der Waals surface area contributed by atoms with E-state index in [1.807, 2.05) is 12.2 Å². The van der Waals surface area contributed by atoms with E-state index < -0.39 is 34.5 Å². The predicted octanol–water partition coefficient (Wildman–Crippen LogP) is 4.41. The van der Waals surface area contributed by atoms with E-state index in [-0.39, 0.29) is 28.4 Å². The van der Waals surface area contributed by atoms with Crippen LogP contribution in [0.5, 0.6) is 0 Å². The molecule has 32 heavy (non-hydrogen) atoms. The maximum atomic E-state index is 13.4. The summed E-state index contributed by atoms with van der Waals surface area (Å²) in [4.78, 5) is 50.6. The molecule has 1 heterocycles. The summed E-state index contributed by atoms with van der Waals surface area (Å²) < 4.78 is 0. The van der Waals surface area contributed by atoms with E-state index in [2.05, 4.69) is 0 Å². The third-order valence-corrected chi connectivity index (χ3v) is 6.10. The van der Waals surface area contributed by atoms with E-state index in [9.17, 15) is 24.5 Å². The van der Waals surface area contributed by atoms with Crippen LogP contribution in [0.4, 0.5) is 5.69 Å². The summed E-state index contributed by atoms with van der Waals surface area (Å²) in [6, 6.07) is 9.97. The van der Waals surface area contributed by atoms with Crippen LogP contribution < -0.4 is 0 Å². The Labute approximate surface area is 193 Å². The summed E-state index contributed by atoms with van der Waals surface area (Å²) in [5.74, 6) is -2.77. The molecule has 1 fully saturated rings. The van der Waals surface area contributed by atoms with Gasteiger partial charge in [-0.3, -0.25) is 24.5 Å². The minimum Gasteiger partial charge on any atom is -0.272 e. The van der Waals surface area contributed by atoms with Crippen molar-refractivity contribution in [1.82, 2.24) is 10.0 Å². The van der Waals surface area contributed by atoms with Gasteiger partial charge in [-0.1, -0.05) is 35.4 Å². The van der Waals surface area contributed by atoms with Crippen LogP contribution in [0.15, 0.2) is 54.6 Å². The molecule has 1 aliphatic carbocycles. The summed E-state index contributed by atoms with van der Waals surface area (Å²) >= 11 is 11.8. The first-order chi connectivity index (χ1) is 15.3. The number of nitro benzene ring substituents is 1. The predicted molar refractivity (Wildman–Crippen MR) is 117 cm³/mol. The Morgan fingerprint density at radius 1 is 1.00 bits per heavy atom. The fourth-order valence-corrected chi connectivity index (χ4v) is 4.29. The minimum absolute atomic E-state index is 0.135. The summed E-state index contributed by atoms with van der Waals surface area (Å²) in [6.07, 6.45) is 4.47. The van der Waals surface area contributed by atoms with Crippen LogP contribution in [-0.2, 0) is 16.1 Å². The number of nitro groups is 1. The number of allylic oxidation sites excluding steroid dienone is 2. The van der Waals surface area contributed by atoms with Crippen molar-refractivity contribution in [2.45, 2.75) is 19.4 Å². The zero-order valence-electron chi connectivity index (χ0n) is 16.6. The first kappa shape index (κ1) is 22.0. The second kappa shape index (κ2) is 8.72. The molecule has 3 amide bonds. The summed E-state index contributed by atoms with van der Waals surface area (Å²) in [5, 5.41) is 13.9. The number of carbonyl (C=O) groups excluding carboxylic acids is 3. The van der Waals surface area contributed by atoms with E-state index in [1.54, 1.807) is 0 Å². The van der Waals surface area contributed by atoms with E-state index in [1.165, 1.54) is 42.5 Å². The SMILES string of the molecule is O=C(c1ccc(Cl)cc1)N(Cc1ccc(Cl)cc1[N+](=O)[O-])N1C(=O)[C@@H]2CC=CC[C@H]2C1=O. The van der Waals surface area contributed by atoms with Gasteiger partial charge in [0.1, 0.15) is 0 Å². The van der Waals surface area contributed by atoms with Crippen molar-refractivity contribution in [2.75, 3.05) is 0 Å². The number of nitrogens with zero attached hydrogens (tertiary/aromatic N) is 3. The molecule has 2 aromatic rings. The highest BCUT2D eigenvalue weighted by Gasteiger charge is 2.51. The minimum atomic E-state index is -0.653. The Kier molecular flexibility index (Phi) is 5.99. The maximum absolute atomic E-state index is 13.4. The molecule has 1 aliphatic heterocycles. The number of carbonyl (C=O) groups is 3. The standard InChI is InChI=1S/C22H17Cl2N3O5/c23-15-8-5-13(6-9-15)20(28)25(12-14-7-10-16(24)11-19(14)27(31)32)26-21(29)17-3-1-2-4-18(17)22(26)30/h1-2,5-11,17-18H,3-4,12H2/t17-,18-/m1/s1. The van der Waals surface area contributed by atoms with Gasteiger partial charge in [0.15, 0.2) is 0 Å². The van der Waals surface area contributed by atoms with E-state index in [0.29, 0.717) is 17.9 Å². The van der Waals surface area contributed by atoms with Gasteiger partial charge in [-0.25, -0.2) is 5.01 Å². The van der Waals surface area contributed by atoms with Gasteiger partial charge in [0, 0.05) is 21.7 Å². The Bertz CT molecular complexity index is 1120. The van der Waals surface area contributed by atoms with Crippen LogP contribution >= 0.6 is 23.2 Å². The lowest BCUT2D eigenvalue weighted by atomic mass is 9.85.